The Morgan fingerprint density at radius 1 is 0.930 bits per heavy atom. The van der Waals surface area contributed by atoms with Gasteiger partial charge in [-0.05, 0) is 67.4 Å². The third-order valence-corrected chi connectivity index (χ3v) is 7.40. The van der Waals surface area contributed by atoms with E-state index in [9.17, 15) is 23.4 Å². The maximum atomic E-state index is 13.0. The molecule has 0 saturated carbocycles. The minimum atomic E-state index is -3.29. The molecule has 0 aliphatic carbocycles. The summed E-state index contributed by atoms with van der Waals surface area (Å²) >= 11 is 0. The van der Waals surface area contributed by atoms with Gasteiger partial charge in [0.25, 0.3) is 0 Å². The van der Waals surface area contributed by atoms with E-state index in [1.165, 1.54) is 6.07 Å². The van der Waals surface area contributed by atoms with Gasteiger partial charge in [-0.3, -0.25) is 14.4 Å². The van der Waals surface area contributed by atoms with Gasteiger partial charge in [-0.1, -0.05) is 67.9 Å². The first-order chi connectivity index (χ1) is 20.7. The molecule has 0 spiro atoms. The highest BCUT2D eigenvalue weighted by Gasteiger charge is 2.15. The van der Waals surface area contributed by atoms with Crippen LogP contribution in [0.25, 0.3) is 0 Å². The molecule has 230 valence electrons. The number of hydrogen-bond donors (Lipinski definition) is 3. The molecule has 0 heterocycles. The summed E-state index contributed by atoms with van der Waals surface area (Å²) in [4.78, 5) is 15.2. The summed E-state index contributed by atoms with van der Waals surface area (Å²) in [6, 6.07) is 21.6. The number of anilines is 1. The Kier molecular flexibility index (Phi) is 14.2. The molecule has 0 aromatic heterocycles. The number of carbonyl (C=O) groups is 1. The van der Waals surface area contributed by atoms with Crippen LogP contribution in [-0.2, 0) is 27.9 Å². The van der Waals surface area contributed by atoms with Crippen LogP contribution in [0.15, 0.2) is 72.8 Å². The number of Topliss-reactive ketones (excluding diaryl/α,β-unsaturated/α-hetero) is 1. The fraction of sp³-hybridized carbons (Fsp3) is 0.382. The molecule has 0 unspecified atom stereocenters. The molecule has 0 amide bonds. The van der Waals surface area contributed by atoms with E-state index in [4.69, 9.17) is 4.74 Å². The van der Waals surface area contributed by atoms with Gasteiger partial charge in [0, 0.05) is 35.5 Å². The van der Waals surface area contributed by atoms with Crippen molar-refractivity contribution in [2.45, 2.75) is 51.7 Å². The minimum Gasteiger partial charge on any atom is -0.508 e. The van der Waals surface area contributed by atoms with Gasteiger partial charge in [0.15, 0.2) is 5.78 Å². The lowest BCUT2D eigenvalue weighted by atomic mass is 10.1. The van der Waals surface area contributed by atoms with Crippen LogP contribution in [0.3, 0.4) is 0 Å². The van der Waals surface area contributed by atoms with E-state index in [0.29, 0.717) is 36.6 Å². The summed E-state index contributed by atoms with van der Waals surface area (Å²) in [5.74, 6) is 5.96. The van der Waals surface area contributed by atoms with Crippen LogP contribution in [-0.4, -0.2) is 61.9 Å². The highest BCUT2D eigenvalue weighted by molar-refractivity contribution is 7.92. The van der Waals surface area contributed by atoms with Gasteiger partial charge in [0.05, 0.1) is 19.4 Å². The van der Waals surface area contributed by atoms with Crippen molar-refractivity contribution in [3.05, 3.63) is 95.1 Å². The number of aromatic hydroxyl groups is 1. The number of aliphatic hydroxyl groups is 1. The predicted molar refractivity (Wildman–Crippen MR) is 170 cm³/mol. The van der Waals surface area contributed by atoms with Crippen molar-refractivity contribution in [3.63, 3.8) is 0 Å². The lowest BCUT2D eigenvalue weighted by molar-refractivity contribution is 0.0923. The summed E-state index contributed by atoms with van der Waals surface area (Å²) in [5.41, 5.74) is 3.30. The quantitative estimate of drug-likeness (QED) is 0.102. The zero-order valence-corrected chi connectivity index (χ0v) is 25.6. The van der Waals surface area contributed by atoms with E-state index in [1.807, 2.05) is 18.2 Å². The average molecular weight is 607 g/mol. The standard InChI is InChI=1S/C34H42N2O6S/c1-43(40,41)35-32-18-15-28(16-19-32)14-11-23-42-22-10-5-3-2-4-9-21-36(25-29-12-7-6-8-13-29)26-34(39)30-17-20-33(38)31(24-30)27-37/h6-8,12-13,15-20,24,35,37-38H,2-5,9-10,21-23,25-27H2,1H3. The van der Waals surface area contributed by atoms with E-state index < -0.39 is 10.0 Å². The average Bonchev–Trinajstić information content (AvgIpc) is 2.98. The Morgan fingerprint density at radius 2 is 1.63 bits per heavy atom. The van der Waals surface area contributed by atoms with Crippen molar-refractivity contribution in [1.29, 1.82) is 0 Å². The van der Waals surface area contributed by atoms with Crippen LogP contribution in [0, 0.1) is 11.8 Å². The number of sulfonamides is 1. The number of ether oxygens (including phenoxy) is 1. The molecular formula is C34H42N2O6S. The maximum absolute atomic E-state index is 13.0. The molecule has 43 heavy (non-hydrogen) atoms. The SMILES string of the molecule is CS(=O)(=O)Nc1ccc(C#CCOCCCCCCCCN(CC(=O)c2ccc(O)c(CO)c2)Cc2ccccc2)cc1. The van der Waals surface area contributed by atoms with Crippen molar-refractivity contribution in [1.82, 2.24) is 4.90 Å². The van der Waals surface area contributed by atoms with E-state index in [0.717, 1.165) is 62.5 Å². The van der Waals surface area contributed by atoms with E-state index in [1.54, 1.807) is 36.4 Å². The topological polar surface area (TPSA) is 116 Å². The molecule has 0 aliphatic rings. The summed E-state index contributed by atoms with van der Waals surface area (Å²) in [7, 11) is -3.29. The Hall–Kier alpha value is -3.68. The van der Waals surface area contributed by atoms with Crippen molar-refractivity contribution in [2.75, 3.05) is 37.3 Å². The fourth-order valence-electron chi connectivity index (χ4n) is 4.58. The van der Waals surface area contributed by atoms with Gasteiger partial charge in [-0.2, -0.15) is 0 Å². The monoisotopic (exact) mass is 606 g/mol. The number of unbranched alkanes of at least 4 members (excludes halogenated alkanes) is 5. The molecule has 3 rings (SSSR count). The predicted octanol–water partition coefficient (Wildman–Crippen LogP) is 5.35. The molecule has 0 aliphatic heterocycles. The molecule has 0 fully saturated rings. The van der Waals surface area contributed by atoms with Crippen LogP contribution >= 0.6 is 0 Å². The summed E-state index contributed by atoms with van der Waals surface area (Å²) in [6.07, 6.45) is 7.50. The lowest BCUT2D eigenvalue weighted by Crippen LogP contribution is -2.30. The number of benzene rings is 3. The first kappa shape index (κ1) is 33.8. The van der Waals surface area contributed by atoms with Gasteiger partial charge in [-0.25, -0.2) is 8.42 Å². The number of phenols is 1. The molecule has 8 nitrogen and oxygen atoms in total. The van der Waals surface area contributed by atoms with Crippen LogP contribution in [0.1, 0.15) is 65.6 Å². The smallest absolute Gasteiger partial charge is 0.229 e. The van der Waals surface area contributed by atoms with Gasteiger partial charge < -0.3 is 14.9 Å². The highest BCUT2D eigenvalue weighted by Crippen LogP contribution is 2.19. The molecule has 0 radical (unpaired) electrons. The second kappa shape index (κ2) is 18.1. The highest BCUT2D eigenvalue weighted by atomic mass is 32.2. The number of hydrogen-bond acceptors (Lipinski definition) is 7. The molecule has 0 atom stereocenters. The molecule has 9 heteroatoms. The molecule has 0 saturated heterocycles. The van der Waals surface area contributed by atoms with Crippen LogP contribution in [0.4, 0.5) is 5.69 Å². The van der Waals surface area contributed by atoms with Gasteiger partial charge in [-0.15, -0.1) is 0 Å². The van der Waals surface area contributed by atoms with Gasteiger partial charge >= 0.3 is 0 Å². The zero-order valence-electron chi connectivity index (χ0n) is 24.8. The molecule has 0 bridgehead atoms. The normalized spacial score (nSPS) is 11.2. The number of aliphatic hydroxyl groups excluding tert-OH is 1. The number of carbonyl (C=O) groups excluding carboxylic acids is 1. The number of rotatable bonds is 18. The minimum absolute atomic E-state index is 0.00803. The van der Waals surface area contributed by atoms with Crippen molar-refractivity contribution < 1.29 is 28.2 Å². The Balaban J connectivity index is 1.31. The number of nitrogens with one attached hydrogen (secondary N) is 1. The largest absolute Gasteiger partial charge is 0.508 e. The van der Waals surface area contributed by atoms with E-state index >= 15 is 0 Å². The van der Waals surface area contributed by atoms with Crippen molar-refractivity contribution >= 4 is 21.5 Å². The van der Waals surface area contributed by atoms with Crippen molar-refractivity contribution in [2.24, 2.45) is 0 Å². The Labute approximate surface area is 255 Å². The second-order valence-electron chi connectivity index (χ2n) is 10.5. The van der Waals surface area contributed by atoms with Crippen LogP contribution < -0.4 is 4.72 Å². The molecule has 3 aromatic rings. The van der Waals surface area contributed by atoms with Gasteiger partial charge in [0.1, 0.15) is 12.4 Å². The first-order valence-electron chi connectivity index (χ1n) is 14.6. The lowest BCUT2D eigenvalue weighted by Gasteiger charge is -2.22. The zero-order chi connectivity index (χ0) is 30.9. The van der Waals surface area contributed by atoms with Crippen LogP contribution in [0.2, 0.25) is 0 Å². The molecule has 3 N–H and O–H groups in total. The van der Waals surface area contributed by atoms with Crippen LogP contribution in [0.5, 0.6) is 5.75 Å². The summed E-state index contributed by atoms with van der Waals surface area (Å²) in [6.45, 7) is 2.47. The molecule has 3 aromatic carbocycles. The maximum Gasteiger partial charge on any atom is 0.229 e. The fourth-order valence-corrected chi connectivity index (χ4v) is 5.14. The second-order valence-corrected chi connectivity index (χ2v) is 12.3. The Morgan fingerprint density at radius 3 is 2.33 bits per heavy atom. The third-order valence-electron chi connectivity index (χ3n) is 6.80. The molecular weight excluding hydrogens is 564 g/mol. The van der Waals surface area contributed by atoms with Gasteiger partial charge in [0.2, 0.25) is 10.0 Å². The number of nitrogens with zero attached hydrogens (tertiary/aromatic N) is 1. The first-order valence-corrected chi connectivity index (χ1v) is 16.5. The summed E-state index contributed by atoms with van der Waals surface area (Å²) in [5, 5.41) is 19.3. The van der Waals surface area contributed by atoms with Crippen molar-refractivity contribution in [3.8, 4) is 17.6 Å². The van der Waals surface area contributed by atoms with E-state index in [-0.39, 0.29) is 24.7 Å². The number of ketones is 1. The summed E-state index contributed by atoms with van der Waals surface area (Å²) < 4.78 is 30.6. The van der Waals surface area contributed by atoms with E-state index in [2.05, 4.69) is 33.6 Å². The third kappa shape index (κ3) is 13.4. The Bertz CT molecular complexity index is 1450.